The Bertz CT molecular complexity index is 729. The van der Waals surface area contributed by atoms with Crippen LogP contribution in [0.15, 0.2) is 54.9 Å². The van der Waals surface area contributed by atoms with Crippen LogP contribution in [0.5, 0.6) is 5.75 Å². The van der Waals surface area contributed by atoms with Gasteiger partial charge in [0.05, 0.1) is 6.61 Å². The van der Waals surface area contributed by atoms with Crippen LogP contribution in [0.3, 0.4) is 0 Å². The second-order valence-corrected chi connectivity index (χ2v) is 5.08. The van der Waals surface area contributed by atoms with Crippen molar-refractivity contribution in [3.05, 3.63) is 66.0 Å². The van der Waals surface area contributed by atoms with Crippen LogP contribution < -0.4 is 10.1 Å². The summed E-state index contributed by atoms with van der Waals surface area (Å²) in [4.78, 5) is 27.1. The first kappa shape index (κ1) is 18.2. The summed E-state index contributed by atoms with van der Waals surface area (Å²) in [6.45, 7) is 2.33. The molecule has 0 saturated carbocycles. The van der Waals surface area contributed by atoms with Crippen LogP contribution in [0.25, 0.3) is 6.08 Å². The predicted octanol–water partition coefficient (Wildman–Crippen LogP) is 2.35. The fourth-order valence-electron chi connectivity index (χ4n) is 1.98. The van der Waals surface area contributed by atoms with Crippen LogP contribution >= 0.6 is 0 Å². The van der Waals surface area contributed by atoms with E-state index in [1.807, 2.05) is 18.2 Å². The van der Waals surface area contributed by atoms with Gasteiger partial charge in [-0.3, -0.25) is 9.78 Å². The van der Waals surface area contributed by atoms with Gasteiger partial charge >= 0.3 is 5.97 Å². The zero-order valence-electron chi connectivity index (χ0n) is 14.0. The molecule has 6 heteroatoms. The molecule has 0 aliphatic heterocycles. The molecule has 0 fully saturated rings. The summed E-state index contributed by atoms with van der Waals surface area (Å²) in [6.07, 6.45) is 6.51. The first-order chi connectivity index (χ1) is 12.2. The third-order valence-corrected chi connectivity index (χ3v) is 3.14. The lowest BCUT2D eigenvalue weighted by Crippen LogP contribution is -2.20. The monoisotopic (exact) mass is 340 g/mol. The molecular weight excluding hydrogens is 320 g/mol. The highest BCUT2D eigenvalue weighted by molar-refractivity contribution is 5.91. The van der Waals surface area contributed by atoms with Gasteiger partial charge in [-0.15, -0.1) is 0 Å². The normalized spacial score (nSPS) is 10.4. The zero-order valence-corrected chi connectivity index (χ0v) is 14.0. The molecule has 0 saturated heterocycles. The topological polar surface area (TPSA) is 77.5 Å². The Morgan fingerprint density at radius 1 is 1.24 bits per heavy atom. The van der Waals surface area contributed by atoms with Crippen LogP contribution in [0.2, 0.25) is 0 Å². The molecule has 1 aromatic carbocycles. The van der Waals surface area contributed by atoms with Gasteiger partial charge in [-0.25, -0.2) is 4.79 Å². The molecule has 1 N–H and O–H groups in total. The molecule has 0 spiro atoms. The number of hydrogen-bond acceptors (Lipinski definition) is 5. The smallest absolute Gasteiger partial charge is 0.344 e. The Morgan fingerprint density at radius 3 is 2.88 bits per heavy atom. The van der Waals surface area contributed by atoms with Gasteiger partial charge in [0.15, 0.2) is 6.61 Å². The first-order valence-corrected chi connectivity index (χ1v) is 7.90. The Labute approximate surface area is 146 Å². The van der Waals surface area contributed by atoms with Crippen LogP contribution in [0.1, 0.15) is 18.1 Å². The third-order valence-electron chi connectivity index (χ3n) is 3.14. The van der Waals surface area contributed by atoms with E-state index < -0.39 is 5.97 Å². The number of pyridine rings is 1. The SMILES string of the molecule is CCOC(=O)COc1cccc(C=CC(=O)NCc2cccnc2)c1. The summed E-state index contributed by atoms with van der Waals surface area (Å²) >= 11 is 0. The highest BCUT2D eigenvalue weighted by Crippen LogP contribution is 2.14. The van der Waals surface area contributed by atoms with Crippen molar-refractivity contribution in [2.75, 3.05) is 13.2 Å². The second-order valence-electron chi connectivity index (χ2n) is 5.08. The Kier molecular flexibility index (Phi) is 7.18. The van der Waals surface area contributed by atoms with Gasteiger partial charge in [-0.1, -0.05) is 18.2 Å². The Morgan fingerprint density at radius 2 is 2.12 bits per heavy atom. The molecule has 1 heterocycles. The molecule has 2 aromatic rings. The molecule has 25 heavy (non-hydrogen) atoms. The molecule has 6 nitrogen and oxygen atoms in total. The summed E-state index contributed by atoms with van der Waals surface area (Å²) in [5, 5.41) is 2.78. The van der Waals surface area contributed by atoms with E-state index in [1.54, 1.807) is 43.6 Å². The van der Waals surface area contributed by atoms with Crippen LogP contribution in [-0.2, 0) is 20.9 Å². The molecule has 130 valence electrons. The van der Waals surface area contributed by atoms with Gasteiger partial charge in [0, 0.05) is 25.0 Å². The maximum absolute atomic E-state index is 11.9. The molecule has 0 aliphatic carbocycles. The average molecular weight is 340 g/mol. The number of hydrogen-bond donors (Lipinski definition) is 1. The summed E-state index contributed by atoms with van der Waals surface area (Å²) in [5.41, 5.74) is 1.72. The number of ether oxygens (including phenoxy) is 2. The molecular formula is C19H20N2O4. The number of esters is 1. The number of rotatable bonds is 8. The summed E-state index contributed by atoms with van der Waals surface area (Å²) in [6, 6.07) is 10.8. The number of carbonyl (C=O) groups is 2. The number of carbonyl (C=O) groups excluding carboxylic acids is 2. The highest BCUT2D eigenvalue weighted by Gasteiger charge is 2.03. The van der Waals surface area contributed by atoms with Crippen molar-refractivity contribution in [3.8, 4) is 5.75 Å². The maximum Gasteiger partial charge on any atom is 0.344 e. The number of benzene rings is 1. The predicted molar refractivity (Wildman–Crippen MR) is 93.7 cm³/mol. The molecule has 1 amide bonds. The largest absolute Gasteiger partial charge is 0.482 e. The van der Waals surface area contributed by atoms with E-state index in [2.05, 4.69) is 10.3 Å². The van der Waals surface area contributed by atoms with Gasteiger partial charge in [-0.2, -0.15) is 0 Å². The lowest BCUT2D eigenvalue weighted by Gasteiger charge is -2.06. The molecule has 0 radical (unpaired) electrons. The molecule has 1 aromatic heterocycles. The van der Waals surface area contributed by atoms with E-state index in [1.165, 1.54) is 6.08 Å². The van der Waals surface area contributed by atoms with E-state index in [0.717, 1.165) is 11.1 Å². The van der Waals surface area contributed by atoms with Crippen LogP contribution in [0.4, 0.5) is 0 Å². The number of nitrogens with zero attached hydrogens (tertiary/aromatic N) is 1. The maximum atomic E-state index is 11.9. The summed E-state index contributed by atoms with van der Waals surface area (Å²) in [5.74, 6) is -0.0918. The lowest BCUT2D eigenvalue weighted by atomic mass is 10.2. The number of nitrogens with one attached hydrogen (secondary N) is 1. The fourth-order valence-corrected chi connectivity index (χ4v) is 1.98. The molecule has 0 unspecified atom stereocenters. The standard InChI is InChI=1S/C19H20N2O4/c1-2-24-19(23)14-25-17-7-3-5-15(11-17)8-9-18(22)21-13-16-6-4-10-20-12-16/h3-12H,2,13-14H2,1H3,(H,21,22). The van der Waals surface area contributed by atoms with Crippen LogP contribution in [-0.4, -0.2) is 30.1 Å². The minimum atomic E-state index is -0.418. The van der Waals surface area contributed by atoms with E-state index in [9.17, 15) is 9.59 Å². The Hall–Kier alpha value is -3.15. The second kappa shape index (κ2) is 9.87. The average Bonchev–Trinajstić information content (AvgIpc) is 2.64. The van der Waals surface area contributed by atoms with Gasteiger partial charge in [0.2, 0.25) is 5.91 Å². The first-order valence-electron chi connectivity index (χ1n) is 7.90. The van der Waals surface area contributed by atoms with E-state index in [-0.39, 0.29) is 12.5 Å². The van der Waals surface area contributed by atoms with Crippen molar-refractivity contribution >= 4 is 18.0 Å². The highest BCUT2D eigenvalue weighted by atomic mass is 16.6. The lowest BCUT2D eigenvalue weighted by molar-refractivity contribution is -0.145. The zero-order chi connectivity index (χ0) is 17.9. The number of aromatic nitrogens is 1. The molecule has 0 atom stereocenters. The number of amides is 1. The Balaban J connectivity index is 1.84. The summed E-state index contributed by atoms with van der Waals surface area (Å²) < 4.78 is 10.2. The fraction of sp³-hybridized carbons (Fsp3) is 0.211. The minimum absolute atomic E-state index is 0.146. The molecule has 2 rings (SSSR count). The van der Waals surface area contributed by atoms with E-state index in [0.29, 0.717) is 18.9 Å². The minimum Gasteiger partial charge on any atom is -0.482 e. The third kappa shape index (κ3) is 6.87. The summed E-state index contributed by atoms with van der Waals surface area (Å²) in [7, 11) is 0. The van der Waals surface area contributed by atoms with Gasteiger partial charge in [0.1, 0.15) is 5.75 Å². The molecule has 0 aliphatic rings. The van der Waals surface area contributed by atoms with Gasteiger partial charge in [0.25, 0.3) is 0 Å². The van der Waals surface area contributed by atoms with Crippen molar-refractivity contribution in [3.63, 3.8) is 0 Å². The van der Waals surface area contributed by atoms with E-state index >= 15 is 0 Å². The van der Waals surface area contributed by atoms with Gasteiger partial charge < -0.3 is 14.8 Å². The van der Waals surface area contributed by atoms with Crippen molar-refractivity contribution in [2.45, 2.75) is 13.5 Å². The van der Waals surface area contributed by atoms with Crippen LogP contribution in [0, 0.1) is 0 Å². The molecule has 0 bridgehead atoms. The van der Waals surface area contributed by atoms with Gasteiger partial charge in [-0.05, 0) is 42.3 Å². The van der Waals surface area contributed by atoms with Crippen molar-refractivity contribution in [1.29, 1.82) is 0 Å². The van der Waals surface area contributed by atoms with Crippen molar-refractivity contribution in [1.82, 2.24) is 10.3 Å². The van der Waals surface area contributed by atoms with E-state index in [4.69, 9.17) is 9.47 Å². The van der Waals surface area contributed by atoms with Crippen molar-refractivity contribution < 1.29 is 19.1 Å². The van der Waals surface area contributed by atoms with Crippen molar-refractivity contribution in [2.24, 2.45) is 0 Å². The quantitative estimate of drug-likeness (QED) is 0.589.